The fraction of sp³-hybridized carbons (Fsp3) is 0. The molecule has 14 heteroatoms. The summed E-state index contributed by atoms with van der Waals surface area (Å²) in [7, 11) is 0. The van der Waals surface area contributed by atoms with Gasteiger partial charge in [0.1, 0.15) is 0 Å². The minimum atomic E-state index is -2.50. The van der Waals surface area contributed by atoms with Crippen molar-refractivity contribution in [2.24, 2.45) is 0 Å². The van der Waals surface area contributed by atoms with Crippen LogP contribution in [0.3, 0.4) is 0 Å². The van der Waals surface area contributed by atoms with Gasteiger partial charge in [-0.25, -0.2) is 0 Å². The summed E-state index contributed by atoms with van der Waals surface area (Å²) in [5, 5.41) is 0. The smallest absolute Gasteiger partial charge is 0.781 e. The SMILES string of the molecule is O=S([O-])c1ccccc1S(=O)[O-].[Ni+2].[Ni+2].[S-]c1ccccc1[S-].c1ccc(-c2ccccn2)nc1.c1ccc(-c2ccccn2)nc1. The standard InChI is InChI=1S/2C10H8N2.C6H6O4S2.C6H6S2.2Ni/c2*1-3-7-11-9(5-1)10-6-2-4-8-12-10;7-11(8)5-3-1-2-4-6(5)12(9)10;7-5-3-1-2-4-6(5)8;;/h2*1-8H;1-4H,(H,7,8)(H,9,10);1-4,7-8H;;/q;;;;2*+2/p-4. The fourth-order valence-corrected chi connectivity index (χ4v) is 4.78. The van der Waals surface area contributed by atoms with Crippen molar-refractivity contribution in [3.05, 3.63) is 146 Å². The largest absolute Gasteiger partial charge is 2.00 e. The van der Waals surface area contributed by atoms with E-state index < -0.39 is 22.2 Å². The van der Waals surface area contributed by atoms with Gasteiger partial charge in [0.2, 0.25) is 0 Å². The van der Waals surface area contributed by atoms with Crippen molar-refractivity contribution in [1.29, 1.82) is 0 Å². The van der Waals surface area contributed by atoms with Gasteiger partial charge >= 0.3 is 33.0 Å². The minimum Gasteiger partial charge on any atom is -0.781 e. The van der Waals surface area contributed by atoms with Crippen LogP contribution in [0.5, 0.6) is 0 Å². The molecule has 0 aliphatic rings. The van der Waals surface area contributed by atoms with E-state index in [0.717, 1.165) is 32.6 Å². The molecule has 240 valence electrons. The first-order chi connectivity index (χ1) is 21.4. The molecule has 0 radical (unpaired) electrons. The maximum atomic E-state index is 10.5. The molecule has 0 saturated carbocycles. The van der Waals surface area contributed by atoms with Crippen LogP contribution in [0.2, 0.25) is 0 Å². The number of benzene rings is 2. The van der Waals surface area contributed by atoms with Crippen LogP contribution < -0.4 is 0 Å². The molecule has 4 heterocycles. The number of hydrogen-bond acceptors (Lipinski definition) is 10. The molecular weight excluding hydrogens is 750 g/mol. The van der Waals surface area contributed by atoms with Gasteiger partial charge in [0.05, 0.1) is 22.8 Å². The first-order valence-electron chi connectivity index (χ1n) is 12.7. The summed E-state index contributed by atoms with van der Waals surface area (Å²) in [6.07, 6.45) is 7.07. The molecule has 0 N–H and O–H groups in total. The van der Waals surface area contributed by atoms with Gasteiger partial charge in [-0.05, 0) is 82.8 Å². The fourth-order valence-electron chi connectivity index (χ4n) is 3.23. The van der Waals surface area contributed by atoms with Crippen molar-refractivity contribution in [3.8, 4) is 22.8 Å². The molecule has 0 bridgehead atoms. The molecule has 46 heavy (non-hydrogen) atoms. The van der Waals surface area contributed by atoms with Crippen LogP contribution >= 0.6 is 0 Å². The molecule has 0 amide bonds. The van der Waals surface area contributed by atoms with Crippen molar-refractivity contribution in [3.63, 3.8) is 0 Å². The van der Waals surface area contributed by atoms with E-state index in [1.54, 1.807) is 24.8 Å². The van der Waals surface area contributed by atoms with Crippen molar-refractivity contribution in [2.45, 2.75) is 19.6 Å². The summed E-state index contributed by atoms with van der Waals surface area (Å²) in [5.41, 5.74) is 3.66. The molecule has 4 aromatic heterocycles. The maximum Gasteiger partial charge on any atom is 2.00 e. The summed E-state index contributed by atoms with van der Waals surface area (Å²) >= 11 is 4.69. The number of aromatic nitrogens is 4. The Hall–Kier alpha value is -3.31. The molecule has 0 saturated heterocycles. The second-order valence-electron chi connectivity index (χ2n) is 8.22. The normalized spacial score (nSPS) is 10.7. The second-order valence-corrected chi connectivity index (χ2v) is 10.9. The first kappa shape index (κ1) is 40.7. The topological polar surface area (TPSA) is 132 Å². The molecule has 0 aliphatic heterocycles. The zero-order valence-electron chi connectivity index (χ0n) is 23.5. The minimum absolute atomic E-state index is 0. The van der Waals surface area contributed by atoms with E-state index in [4.69, 9.17) is 25.3 Å². The molecular formula is C32H24N4Ni2O4S4. The van der Waals surface area contributed by atoms with E-state index >= 15 is 0 Å². The van der Waals surface area contributed by atoms with E-state index in [-0.39, 0.29) is 42.8 Å². The number of pyridine rings is 4. The van der Waals surface area contributed by atoms with Gasteiger partial charge in [0.15, 0.2) is 0 Å². The molecule has 2 atom stereocenters. The van der Waals surface area contributed by atoms with Gasteiger partial charge in [-0.1, -0.05) is 60.7 Å². The molecule has 6 aromatic rings. The average molecular weight is 774 g/mol. The Kier molecular flexibility index (Phi) is 20.4. The van der Waals surface area contributed by atoms with Crippen LogP contribution in [-0.2, 0) is 80.4 Å². The maximum absolute atomic E-state index is 10.5. The van der Waals surface area contributed by atoms with E-state index in [9.17, 15) is 17.5 Å². The average Bonchev–Trinajstić information content (AvgIpc) is 3.08. The van der Waals surface area contributed by atoms with Gasteiger partial charge in [-0.3, -0.25) is 28.4 Å². The van der Waals surface area contributed by atoms with Gasteiger partial charge in [-0.15, -0.1) is 0 Å². The van der Waals surface area contributed by atoms with E-state index in [1.807, 2.05) is 97.1 Å². The summed E-state index contributed by atoms with van der Waals surface area (Å²) in [4.78, 5) is 17.9. The second kappa shape index (κ2) is 23.1. The predicted octanol–water partition coefficient (Wildman–Crippen LogP) is 5.94. The third kappa shape index (κ3) is 14.4. The van der Waals surface area contributed by atoms with Crippen molar-refractivity contribution >= 4 is 47.4 Å². The Morgan fingerprint density at radius 3 is 0.848 bits per heavy atom. The van der Waals surface area contributed by atoms with Crippen molar-refractivity contribution < 1.29 is 50.5 Å². The molecule has 0 aliphatic carbocycles. The molecule has 8 nitrogen and oxygen atoms in total. The zero-order valence-corrected chi connectivity index (χ0v) is 28.8. The van der Waals surface area contributed by atoms with Crippen LogP contribution in [0.4, 0.5) is 0 Å². The predicted molar refractivity (Wildman–Crippen MR) is 173 cm³/mol. The Morgan fingerprint density at radius 1 is 0.413 bits per heavy atom. The third-order valence-electron chi connectivity index (χ3n) is 5.24. The number of nitrogens with zero attached hydrogens (tertiary/aromatic N) is 4. The molecule has 6 rings (SSSR count). The Balaban J connectivity index is 0.000000305. The van der Waals surface area contributed by atoms with E-state index in [1.165, 1.54) is 24.3 Å². The Morgan fingerprint density at radius 2 is 0.652 bits per heavy atom. The molecule has 0 spiro atoms. The molecule has 2 aromatic carbocycles. The van der Waals surface area contributed by atoms with E-state index in [0.29, 0.717) is 0 Å². The van der Waals surface area contributed by atoms with Crippen molar-refractivity contribution in [1.82, 2.24) is 19.9 Å². The van der Waals surface area contributed by atoms with Gasteiger partial charge in [0, 0.05) is 34.6 Å². The summed E-state index contributed by atoms with van der Waals surface area (Å²) in [6.45, 7) is 0. The monoisotopic (exact) mass is 772 g/mol. The number of rotatable bonds is 4. The molecule has 2 unspecified atom stereocenters. The third-order valence-corrected chi connectivity index (χ3v) is 7.64. The summed E-state index contributed by atoms with van der Waals surface area (Å²) in [6, 6.07) is 36.0. The summed E-state index contributed by atoms with van der Waals surface area (Å²) < 4.78 is 41.8. The van der Waals surface area contributed by atoms with Gasteiger partial charge < -0.3 is 34.4 Å². The van der Waals surface area contributed by atoms with Gasteiger partial charge in [-0.2, -0.15) is 9.79 Å². The quantitative estimate of drug-likeness (QED) is 0.121. The Bertz CT molecular complexity index is 1540. The number of hydrogen-bond donors (Lipinski definition) is 0. The van der Waals surface area contributed by atoms with Gasteiger partial charge in [0.25, 0.3) is 0 Å². The zero-order chi connectivity index (χ0) is 31.6. The summed E-state index contributed by atoms with van der Waals surface area (Å²) in [5.74, 6) is 0. The first-order valence-corrected chi connectivity index (χ1v) is 15.7. The van der Waals surface area contributed by atoms with Crippen LogP contribution in [0.15, 0.2) is 166 Å². The Labute approximate surface area is 304 Å². The van der Waals surface area contributed by atoms with Crippen LogP contribution in [0, 0.1) is 0 Å². The van der Waals surface area contributed by atoms with Crippen LogP contribution in [-0.4, -0.2) is 37.5 Å². The van der Waals surface area contributed by atoms with Crippen LogP contribution in [0.1, 0.15) is 0 Å². The van der Waals surface area contributed by atoms with Crippen molar-refractivity contribution in [2.75, 3.05) is 0 Å². The van der Waals surface area contributed by atoms with E-state index in [2.05, 4.69) is 19.9 Å². The van der Waals surface area contributed by atoms with Crippen LogP contribution in [0.25, 0.3) is 22.8 Å². The molecule has 0 fully saturated rings.